The zero-order valence-corrected chi connectivity index (χ0v) is 17.7. The average molecular weight is 407 g/mol. The van der Waals surface area contributed by atoms with E-state index in [4.69, 9.17) is 9.47 Å². The summed E-state index contributed by atoms with van der Waals surface area (Å²) in [5.74, 6) is 2.43. The van der Waals surface area contributed by atoms with Crippen molar-refractivity contribution in [3.8, 4) is 5.75 Å². The highest BCUT2D eigenvalue weighted by molar-refractivity contribution is 7.99. The molecule has 0 atom stereocenters. The molecule has 1 aromatic heterocycles. The van der Waals surface area contributed by atoms with Crippen LogP contribution in [0.25, 0.3) is 0 Å². The van der Waals surface area contributed by atoms with Crippen molar-refractivity contribution < 1.29 is 14.3 Å². The van der Waals surface area contributed by atoms with Gasteiger partial charge in [0.2, 0.25) is 5.91 Å². The number of para-hydroxylation sites is 1. The number of benzene rings is 1. The van der Waals surface area contributed by atoms with Gasteiger partial charge in [0, 0.05) is 26.8 Å². The quantitative estimate of drug-likeness (QED) is 0.407. The maximum Gasteiger partial charge on any atom is 0.230 e. The lowest BCUT2D eigenvalue weighted by Gasteiger charge is -2.12. The maximum atomic E-state index is 12.0. The Bertz CT molecular complexity index is 707. The first-order valence-corrected chi connectivity index (χ1v) is 10.6. The van der Waals surface area contributed by atoms with Crippen LogP contribution in [0.15, 0.2) is 35.5 Å². The van der Waals surface area contributed by atoms with E-state index in [0.29, 0.717) is 31.4 Å². The summed E-state index contributed by atoms with van der Waals surface area (Å²) >= 11 is 1.40. The number of ether oxygens (including phenoxy) is 2. The Morgan fingerprint density at radius 2 is 2.04 bits per heavy atom. The van der Waals surface area contributed by atoms with E-state index in [-0.39, 0.29) is 5.91 Å². The number of nitrogens with zero attached hydrogens (tertiary/aromatic N) is 3. The Kier molecular flexibility index (Phi) is 9.85. The predicted molar refractivity (Wildman–Crippen MR) is 110 cm³/mol. The summed E-state index contributed by atoms with van der Waals surface area (Å²) < 4.78 is 12.9. The molecule has 8 heteroatoms. The first-order valence-electron chi connectivity index (χ1n) is 9.58. The second kappa shape index (κ2) is 12.4. The van der Waals surface area contributed by atoms with E-state index in [2.05, 4.69) is 33.9 Å². The molecule has 0 aliphatic rings. The Morgan fingerprint density at radius 1 is 1.25 bits per heavy atom. The van der Waals surface area contributed by atoms with Gasteiger partial charge in [0.05, 0.1) is 5.75 Å². The number of amides is 1. The third-order valence-corrected chi connectivity index (χ3v) is 4.98. The van der Waals surface area contributed by atoms with Gasteiger partial charge in [-0.05, 0) is 30.9 Å². The molecule has 2 rings (SSSR count). The average Bonchev–Trinajstić information content (AvgIpc) is 3.09. The topological polar surface area (TPSA) is 78.3 Å². The molecule has 28 heavy (non-hydrogen) atoms. The Labute approximate surface area is 171 Å². The van der Waals surface area contributed by atoms with Crippen LogP contribution in [-0.4, -0.2) is 46.7 Å². The maximum absolute atomic E-state index is 12.0. The summed E-state index contributed by atoms with van der Waals surface area (Å²) in [6.07, 6.45) is 1.81. The van der Waals surface area contributed by atoms with Crippen LogP contribution in [-0.2, 0) is 22.7 Å². The largest absolute Gasteiger partial charge is 0.486 e. The normalized spacial score (nSPS) is 11.0. The van der Waals surface area contributed by atoms with Crippen LogP contribution in [0.3, 0.4) is 0 Å². The minimum Gasteiger partial charge on any atom is -0.486 e. The molecule has 1 amide bonds. The Balaban J connectivity index is 1.94. The van der Waals surface area contributed by atoms with Crippen molar-refractivity contribution in [3.05, 3.63) is 36.2 Å². The van der Waals surface area contributed by atoms with Crippen molar-refractivity contribution in [1.82, 2.24) is 20.1 Å². The molecule has 0 aliphatic heterocycles. The van der Waals surface area contributed by atoms with Crippen molar-refractivity contribution in [2.24, 2.45) is 5.92 Å². The van der Waals surface area contributed by atoms with Crippen molar-refractivity contribution in [1.29, 1.82) is 0 Å². The van der Waals surface area contributed by atoms with E-state index in [9.17, 15) is 4.79 Å². The van der Waals surface area contributed by atoms with Gasteiger partial charge in [0.25, 0.3) is 0 Å². The number of hydrogen-bond acceptors (Lipinski definition) is 6. The molecule has 0 fully saturated rings. The fourth-order valence-electron chi connectivity index (χ4n) is 2.43. The molecule has 2 aromatic rings. The van der Waals surface area contributed by atoms with Gasteiger partial charge in [-0.1, -0.05) is 43.8 Å². The second-order valence-electron chi connectivity index (χ2n) is 6.82. The highest BCUT2D eigenvalue weighted by atomic mass is 32.2. The van der Waals surface area contributed by atoms with Gasteiger partial charge in [-0.15, -0.1) is 10.2 Å². The lowest BCUT2D eigenvalue weighted by Crippen LogP contribution is -2.27. The van der Waals surface area contributed by atoms with Crippen LogP contribution in [0.5, 0.6) is 5.75 Å². The first-order chi connectivity index (χ1) is 13.6. The van der Waals surface area contributed by atoms with Crippen molar-refractivity contribution in [2.45, 2.75) is 45.0 Å². The number of thioether (sulfide) groups is 1. The molecular weight excluding hydrogens is 376 g/mol. The molecule has 0 unspecified atom stereocenters. The third-order valence-electron chi connectivity index (χ3n) is 4.01. The molecule has 1 aromatic carbocycles. The van der Waals surface area contributed by atoms with Crippen LogP contribution in [0.4, 0.5) is 0 Å². The fraction of sp³-hybridized carbons (Fsp3) is 0.550. The lowest BCUT2D eigenvalue weighted by molar-refractivity contribution is -0.118. The molecule has 0 bridgehead atoms. The molecule has 0 radical (unpaired) electrons. The monoisotopic (exact) mass is 406 g/mol. The molecule has 1 heterocycles. The van der Waals surface area contributed by atoms with Crippen LogP contribution in [0, 0.1) is 5.92 Å². The number of carbonyl (C=O) groups is 1. The molecule has 0 saturated carbocycles. The number of hydrogen-bond donors (Lipinski definition) is 1. The molecule has 0 saturated heterocycles. The minimum absolute atomic E-state index is 0.0124. The first kappa shape index (κ1) is 22.2. The van der Waals surface area contributed by atoms with Crippen LogP contribution >= 0.6 is 11.8 Å². The zero-order valence-electron chi connectivity index (χ0n) is 16.9. The van der Waals surface area contributed by atoms with Gasteiger partial charge in [0.15, 0.2) is 11.0 Å². The molecule has 1 N–H and O–H groups in total. The summed E-state index contributed by atoms with van der Waals surface area (Å²) in [5, 5.41) is 12.2. The number of rotatable bonds is 13. The highest BCUT2D eigenvalue weighted by Gasteiger charge is 2.15. The third kappa shape index (κ3) is 7.90. The number of nitrogens with one attached hydrogen (secondary N) is 1. The van der Waals surface area contributed by atoms with Gasteiger partial charge in [-0.25, -0.2) is 0 Å². The van der Waals surface area contributed by atoms with Gasteiger partial charge >= 0.3 is 0 Å². The van der Waals surface area contributed by atoms with E-state index >= 15 is 0 Å². The number of methoxy groups -OCH3 is 1. The van der Waals surface area contributed by atoms with Gasteiger partial charge in [-0.2, -0.15) is 0 Å². The summed E-state index contributed by atoms with van der Waals surface area (Å²) in [5.41, 5.74) is 0. The predicted octanol–water partition coefficient (Wildman–Crippen LogP) is 3.15. The standard InChI is InChI=1S/C20H30N4O3S/c1-16(2)10-12-24-18(14-27-17-8-5-4-6-9-17)22-23-20(24)28-15-19(25)21-11-7-13-26-3/h4-6,8-9,16H,7,10-15H2,1-3H3,(H,21,25). The van der Waals surface area contributed by atoms with E-state index in [0.717, 1.165) is 36.1 Å². The highest BCUT2D eigenvalue weighted by Crippen LogP contribution is 2.20. The van der Waals surface area contributed by atoms with Crippen molar-refractivity contribution in [2.75, 3.05) is 26.0 Å². The van der Waals surface area contributed by atoms with Crippen molar-refractivity contribution in [3.63, 3.8) is 0 Å². The van der Waals surface area contributed by atoms with Gasteiger partial charge in [0.1, 0.15) is 12.4 Å². The summed E-state index contributed by atoms with van der Waals surface area (Å²) in [4.78, 5) is 12.0. The number of aromatic nitrogens is 3. The molecular formula is C20H30N4O3S. The lowest BCUT2D eigenvalue weighted by atomic mass is 10.1. The summed E-state index contributed by atoms with van der Waals surface area (Å²) in [6.45, 7) is 6.77. The fourth-order valence-corrected chi connectivity index (χ4v) is 3.25. The minimum atomic E-state index is -0.0124. The second-order valence-corrected chi connectivity index (χ2v) is 7.76. The SMILES string of the molecule is COCCCNC(=O)CSc1nnc(COc2ccccc2)n1CCC(C)C. The Morgan fingerprint density at radius 3 is 2.75 bits per heavy atom. The van der Waals surface area contributed by atoms with Gasteiger partial charge in [-0.3, -0.25) is 4.79 Å². The molecule has 7 nitrogen and oxygen atoms in total. The van der Waals surface area contributed by atoms with Crippen LogP contribution in [0.2, 0.25) is 0 Å². The molecule has 0 spiro atoms. The smallest absolute Gasteiger partial charge is 0.230 e. The van der Waals surface area contributed by atoms with E-state index in [1.807, 2.05) is 30.3 Å². The molecule has 0 aliphatic carbocycles. The van der Waals surface area contributed by atoms with E-state index in [1.54, 1.807) is 7.11 Å². The van der Waals surface area contributed by atoms with Crippen LogP contribution < -0.4 is 10.1 Å². The van der Waals surface area contributed by atoms with E-state index < -0.39 is 0 Å². The summed E-state index contributed by atoms with van der Waals surface area (Å²) in [6, 6.07) is 9.65. The van der Waals surface area contributed by atoms with Gasteiger partial charge < -0.3 is 19.4 Å². The van der Waals surface area contributed by atoms with E-state index in [1.165, 1.54) is 11.8 Å². The Hall–Kier alpha value is -2.06. The number of carbonyl (C=O) groups excluding carboxylic acids is 1. The molecule has 154 valence electrons. The summed E-state index contributed by atoms with van der Waals surface area (Å²) in [7, 11) is 1.65. The van der Waals surface area contributed by atoms with Crippen LogP contribution in [0.1, 0.15) is 32.5 Å². The van der Waals surface area contributed by atoms with Crippen molar-refractivity contribution >= 4 is 17.7 Å². The zero-order chi connectivity index (χ0) is 20.2.